The van der Waals surface area contributed by atoms with Gasteiger partial charge in [-0.05, 0) is 12.1 Å². The first-order valence-corrected chi connectivity index (χ1v) is 5.05. The van der Waals surface area contributed by atoms with Gasteiger partial charge in [0.05, 0.1) is 5.92 Å². The second-order valence-corrected chi connectivity index (χ2v) is 3.79. The average Bonchev–Trinajstić information content (AvgIpc) is 2.28. The molecule has 0 aromatic heterocycles. The highest BCUT2D eigenvalue weighted by Crippen LogP contribution is 2.05. The van der Waals surface area contributed by atoms with E-state index in [1.807, 2.05) is 6.07 Å². The summed E-state index contributed by atoms with van der Waals surface area (Å²) in [6, 6.07) is 8.81. The van der Waals surface area contributed by atoms with E-state index in [1.165, 1.54) is 4.90 Å². The van der Waals surface area contributed by atoms with Crippen LogP contribution in [0.5, 0.6) is 0 Å². The Bertz CT molecular complexity index is 375. The van der Waals surface area contributed by atoms with E-state index in [0.717, 1.165) is 0 Å². The van der Waals surface area contributed by atoms with Gasteiger partial charge in [-0.25, -0.2) is 0 Å². The standard InChI is InChI=1S/C12H15NO3/c1-9(12(15)16)8-13(2)11(14)10-6-4-3-5-7-10/h3-7,9H,8H2,1-2H3,(H,15,16). The number of nitrogens with zero attached hydrogens (tertiary/aromatic N) is 1. The second kappa shape index (κ2) is 5.30. The fourth-order valence-corrected chi connectivity index (χ4v) is 1.37. The van der Waals surface area contributed by atoms with Gasteiger partial charge >= 0.3 is 5.97 Å². The fraction of sp³-hybridized carbons (Fsp3) is 0.333. The molecule has 0 heterocycles. The Balaban J connectivity index is 2.65. The Hall–Kier alpha value is -1.84. The smallest absolute Gasteiger partial charge is 0.308 e. The Morgan fingerprint density at radius 1 is 1.31 bits per heavy atom. The van der Waals surface area contributed by atoms with Crippen molar-refractivity contribution in [2.45, 2.75) is 6.92 Å². The van der Waals surface area contributed by atoms with Crippen molar-refractivity contribution in [1.82, 2.24) is 4.90 Å². The molecule has 0 saturated carbocycles. The van der Waals surface area contributed by atoms with E-state index in [2.05, 4.69) is 0 Å². The van der Waals surface area contributed by atoms with E-state index in [0.29, 0.717) is 5.56 Å². The monoisotopic (exact) mass is 221 g/mol. The number of carbonyl (C=O) groups is 2. The minimum atomic E-state index is -0.896. The van der Waals surface area contributed by atoms with Gasteiger partial charge in [-0.1, -0.05) is 25.1 Å². The maximum Gasteiger partial charge on any atom is 0.308 e. The van der Waals surface area contributed by atoms with Crippen molar-refractivity contribution in [3.05, 3.63) is 35.9 Å². The molecule has 0 aliphatic carbocycles. The zero-order chi connectivity index (χ0) is 12.1. The van der Waals surface area contributed by atoms with E-state index < -0.39 is 11.9 Å². The number of rotatable bonds is 4. The van der Waals surface area contributed by atoms with E-state index in [9.17, 15) is 9.59 Å². The maximum atomic E-state index is 11.8. The maximum absolute atomic E-state index is 11.8. The molecule has 1 atom stereocenters. The number of amides is 1. The summed E-state index contributed by atoms with van der Waals surface area (Å²) in [6.45, 7) is 1.79. The van der Waals surface area contributed by atoms with Crippen LogP contribution in [-0.2, 0) is 4.79 Å². The zero-order valence-corrected chi connectivity index (χ0v) is 9.38. The summed E-state index contributed by atoms with van der Waals surface area (Å²) < 4.78 is 0. The van der Waals surface area contributed by atoms with Crippen LogP contribution in [0.15, 0.2) is 30.3 Å². The van der Waals surface area contributed by atoms with Crippen molar-refractivity contribution in [2.75, 3.05) is 13.6 Å². The molecule has 16 heavy (non-hydrogen) atoms. The molecule has 0 aliphatic rings. The Morgan fingerprint density at radius 3 is 2.38 bits per heavy atom. The molecule has 86 valence electrons. The predicted octanol–water partition coefficient (Wildman–Crippen LogP) is 1.48. The second-order valence-electron chi connectivity index (χ2n) is 3.79. The predicted molar refractivity (Wildman–Crippen MR) is 60.2 cm³/mol. The first-order chi connectivity index (χ1) is 7.52. The molecule has 0 fully saturated rings. The number of hydrogen-bond donors (Lipinski definition) is 1. The van der Waals surface area contributed by atoms with E-state index in [-0.39, 0.29) is 12.5 Å². The quantitative estimate of drug-likeness (QED) is 0.837. The van der Waals surface area contributed by atoms with Gasteiger partial charge in [0.15, 0.2) is 0 Å². The Morgan fingerprint density at radius 2 is 1.88 bits per heavy atom. The molecule has 1 aromatic carbocycles. The van der Waals surface area contributed by atoms with Crippen LogP contribution < -0.4 is 0 Å². The van der Waals surface area contributed by atoms with Gasteiger partial charge in [0.25, 0.3) is 5.91 Å². The molecule has 0 saturated heterocycles. The summed E-state index contributed by atoms with van der Waals surface area (Å²) >= 11 is 0. The number of aliphatic carboxylic acids is 1. The van der Waals surface area contributed by atoms with Crippen molar-refractivity contribution in [3.8, 4) is 0 Å². The lowest BCUT2D eigenvalue weighted by molar-refractivity contribution is -0.141. The van der Waals surface area contributed by atoms with E-state index in [1.54, 1.807) is 38.2 Å². The SMILES string of the molecule is CC(CN(C)C(=O)c1ccccc1)C(=O)O. The molecule has 0 aliphatic heterocycles. The molecule has 1 rings (SSSR count). The van der Waals surface area contributed by atoms with Gasteiger partial charge in [0.1, 0.15) is 0 Å². The lowest BCUT2D eigenvalue weighted by atomic mass is 10.1. The van der Waals surface area contributed by atoms with Crippen LogP contribution in [0.4, 0.5) is 0 Å². The number of carboxylic acids is 1. The highest BCUT2D eigenvalue weighted by molar-refractivity contribution is 5.94. The molecule has 1 aromatic rings. The number of benzene rings is 1. The van der Waals surface area contributed by atoms with Gasteiger partial charge in [0.2, 0.25) is 0 Å². The third-order valence-electron chi connectivity index (χ3n) is 2.34. The van der Waals surface area contributed by atoms with Crippen LogP contribution in [0.25, 0.3) is 0 Å². The summed E-state index contributed by atoms with van der Waals surface area (Å²) in [5, 5.41) is 8.75. The van der Waals surface area contributed by atoms with E-state index >= 15 is 0 Å². The largest absolute Gasteiger partial charge is 0.481 e. The summed E-state index contributed by atoms with van der Waals surface area (Å²) in [4.78, 5) is 23.9. The molecule has 0 spiro atoms. The van der Waals surface area contributed by atoms with Gasteiger partial charge in [0, 0.05) is 19.2 Å². The molecule has 1 unspecified atom stereocenters. The summed E-state index contributed by atoms with van der Waals surface area (Å²) in [5.41, 5.74) is 0.572. The number of hydrogen-bond acceptors (Lipinski definition) is 2. The van der Waals surface area contributed by atoms with Crippen LogP contribution >= 0.6 is 0 Å². The molecule has 4 heteroatoms. The van der Waals surface area contributed by atoms with Crippen molar-refractivity contribution in [2.24, 2.45) is 5.92 Å². The third kappa shape index (κ3) is 3.08. The Kier molecular flexibility index (Phi) is 4.05. The molecule has 1 N–H and O–H groups in total. The van der Waals surface area contributed by atoms with Crippen LogP contribution in [0.2, 0.25) is 0 Å². The van der Waals surface area contributed by atoms with Gasteiger partial charge in [-0.3, -0.25) is 9.59 Å². The lowest BCUT2D eigenvalue weighted by Gasteiger charge is -2.19. The molecular formula is C12H15NO3. The normalized spacial score (nSPS) is 11.9. The number of carboxylic acid groups (broad SMARTS) is 1. The van der Waals surface area contributed by atoms with Crippen LogP contribution in [0.3, 0.4) is 0 Å². The first kappa shape index (κ1) is 12.2. The van der Waals surface area contributed by atoms with Gasteiger partial charge < -0.3 is 10.0 Å². The van der Waals surface area contributed by atoms with Crippen LogP contribution in [0, 0.1) is 5.92 Å². The first-order valence-electron chi connectivity index (χ1n) is 5.05. The Labute approximate surface area is 94.5 Å². The van der Waals surface area contributed by atoms with Crippen LogP contribution in [0.1, 0.15) is 17.3 Å². The number of carbonyl (C=O) groups excluding carboxylic acids is 1. The highest BCUT2D eigenvalue weighted by Gasteiger charge is 2.17. The minimum absolute atomic E-state index is 0.159. The topological polar surface area (TPSA) is 57.6 Å². The highest BCUT2D eigenvalue weighted by atomic mass is 16.4. The van der Waals surface area contributed by atoms with Crippen molar-refractivity contribution in [3.63, 3.8) is 0 Å². The summed E-state index contributed by atoms with van der Waals surface area (Å²) in [7, 11) is 1.61. The molecule has 0 bridgehead atoms. The molecule has 0 radical (unpaired) electrons. The van der Waals surface area contributed by atoms with Crippen LogP contribution in [-0.4, -0.2) is 35.5 Å². The lowest BCUT2D eigenvalue weighted by Crippen LogP contribution is -2.33. The van der Waals surface area contributed by atoms with Gasteiger partial charge in [-0.15, -0.1) is 0 Å². The zero-order valence-electron chi connectivity index (χ0n) is 9.38. The van der Waals surface area contributed by atoms with Crippen molar-refractivity contribution >= 4 is 11.9 Å². The molecular weight excluding hydrogens is 206 g/mol. The third-order valence-corrected chi connectivity index (χ3v) is 2.34. The molecule has 1 amide bonds. The van der Waals surface area contributed by atoms with Crippen molar-refractivity contribution < 1.29 is 14.7 Å². The van der Waals surface area contributed by atoms with Crippen molar-refractivity contribution in [1.29, 1.82) is 0 Å². The minimum Gasteiger partial charge on any atom is -0.481 e. The molecule has 4 nitrogen and oxygen atoms in total. The van der Waals surface area contributed by atoms with E-state index in [4.69, 9.17) is 5.11 Å². The summed E-state index contributed by atoms with van der Waals surface area (Å²) in [6.07, 6.45) is 0. The van der Waals surface area contributed by atoms with Gasteiger partial charge in [-0.2, -0.15) is 0 Å². The average molecular weight is 221 g/mol. The fourth-order valence-electron chi connectivity index (χ4n) is 1.37. The summed E-state index contributed by atoms with van der Waals surface area (Å²) in [5.74, 6) is -1.61.